The fraction of sp³-hybridized carbons (Fsp3) is 0.400. The van der Waals surface area contributed by atoms with Crippen molar-refractivity contribution in [1.82, 2.24) is 4.98 Å². The Morgan fingerprint density at radius 3 is 2.80 bits per heavy atom. The van der Waals surface area contributed by atoms with Crippen LogP contribution < -0.4 is 20.5 Å². The quantitative estimate of drug-likeness (QED) is 0.578. The molecule has 0 spiro atoms. The molecule has 0 aliphatic carbocycles. The monoisotopic (exact) mass is 277 g/mol. The van der Waals surface area contributed by atoms with Gasteiger partial charge in [0.2, 0.25) is 0 Å². The lowest BCUT2D eigenvalue weighted by Gasteiger charge is -2.07. The third-order valence-electron chi connectivity index (χ3n) is 3.34. The van der Waals surface area contributed by atoms with E-state index >= 15 is 0 Å². The predicted molar refractivity (Wildman–Crippen MR) is 79.3 cm³/mol. The molecule has 0 saturated carbocycles. The first-order valence-corrected chi connectivity index (χ1v) is 6.91. The Kier molecular flexibility index (Phi) is 4.76. The second-order valence-corrected chi connectivity index (χ2v) is 5.32. The fourth-order valence-electron chi connectivity index (χ4n) is 2.16. The van der Waals surface area contributed by atoms with Crippen LogP contribution in [-0.4, -0.2) is 39.3 Å². The minimum absolute atomic E-state index is 0.00360. The van der Waals surface area contributed by atoms with Gasteiger partial charge in [-0.05, 0) is 24.3 Å². The van der Waals surface area contributed by atoms with E-state index in [4.69, 9.17) is 4.74 Å². The normalized spacial score (nSPS) is 11.2. The molecule has 4 N–H and O–H groups in total. The number of methoxy groups -OCH3 is 1. The number of likely N-dealkylation sites (N-methyl/N-ethyl adjacent to an activating group) is 1. The van der Waals surface area contributed by atoms with Gasteiger partial charge in [-0.3, -0.25) is 4.79 Å². The first-order chi connectivity index (χ1) is 9.60. The molecule has 2 aromatic rings. The highest BCUT2D eigenvalue weighted by molar-refractivity contribution is 5.80. The number of aromatic nitrogens is 1. The average molecular weight is 277 g/mol. The highest BCUT2D eigenvalue weighted by Crippen LogP contribution is 2.18. The third kappa shape index (κ3) is 3.59. The lowest BCUT2D eigenvalue weighted by Crippen LogP contribution is -3.09. The smallest absolute Gasteiger partial charge is 0.257 e. The van der Waals surface area contributed by atoms with Crippen molar-refractivity contribution in [3.05, 3.63) is 40.2 Å². The Morgan fingerprint density at radius 1 is 1.30 bits per heavy atom. The largest absolute Gasteiger partial charge is 0.497 e. The molecule has 5 nitrogen and oxygen atoms in total. The topological polar surface area (TPSA) is 63.1 Å². The lowest BCUT2D eigenvalue weighted by atomic mass is 10.1. The van der Waals surface area contributed by atoms with Gasteiger partial charge in [-0.25, -0.2) is 0 Å². The summed E-state index contributed by atoms with van der Waals surface area (Å²) in [7, 11) is 5.90. The standard InChI is InChI=1S/C15H21N3O2/c1-18(2)7-6-16-10-12-8-11-9-13(20-3)4-5-14(11)17-15(12)19/h4-5,8-9,16H,6-7,10H2,1-3H3,(H,17,19)/p+2. The molecule has 1 aromatic carbocycles. The molecule has 0 aliphatic heterocycles. The number of hydrogen-bond donors (Lipinski definition) is 3. The Labute approximate surface area is 118 Å². The maximum atomic E-state index is 12.0. The van der Waals surface area contributed by atoms with Crippen molar-refractivity contribution < 1.29 is 15.0 Å². The Morgan fingerprint density at radius 2 is 2.10 bits per heavy atom. The fourth-order valence-corrected chi connectivity index (χ4v) is 2.16. The number of aromatic amines is 1. The van der Waals surface area contributed by atoms with Crippen LogP contribution in [0.3, 0.4) is 0 Å². The van der Waals surface area contributed by atoms with Crippen LogP contribution in [0.25, 0.3) is 10.9 Å². The van der Waals surface area contributed by atoms with E-state index in [0.29, 0.717) is 6.54 Å². The Hall–Kier alpha value is -1.85. The van der Waals surface area contributed by atoms with Crippen molar-refractivity contribution in [2.75, 3.05) is 34.3 Å². The summed E-state index contributed by atoms with van der Waals surface area (Å²) in [6.45, 7) is 2.80. The zero-order valence-corrected chi connectivity index (χ0v) is 12.3. The SMILES string of the molecule is COc1ccc2[nH]c(=O)c(C[NH2+]CC[NH+](C)C)cc2c1. The van der Waals surface area contributed by atoms with Gasteiger partial charge in [-0.15, -0.1) is 0 Å². The molecule has 0 atom stereocenters. The molecule has 0 fully saturated rings. The number of nitrogens with one attached hydrogen (secondary N) is 2. The van der Waals surface area contributed by atoms with Crippen molar-refractivity contribution in [2.45, 2.75) is 6.54 Å². The number of hydrogen-bond acceptors (Lipinski definition) is 2. The summed E-state index contributed by atoms with van der Waals surface area (Å²) in [5.74, 6) is 0.802. The first-order valence-electron chi connectivity index (χ1n) is 6.91. The number of nitrogens with two attached hydrogens (primary N) is 1. The van der Waals surface area contributed by atoms with Crippen LogP contribution in [0.2, 0.25) is 0 Å². The molecule has 0 bridgehead atoms. The van der Waals surface area contributed by atoms with E-state index in [1.165, 1.54) is 4.90 Å². The van der Waals surface area contributed by atoms with E-state index in [0.717, 1.165) is 35.3 Å². The average Bonchev–Trinajstić information content (AvgIpc) is 2.43. The summed E-state index contributed by atoms with van der Waals surface area (Å²) in [5, 5.41) is 3.18. The third-order valence-corrected chi connectivity index (χ3v) is 3.34. The van der Waals surface area contributed by atoms with E-state index in [1.54, 1.807) is 7.11 Å². The molecule has 0 aliphatic rings. The van der Waals surface area contributed by atoms with E-state index in [1.807, 2.05) is 24.3 Å². The van der Waals surface area contributed by atoms with Gasteiger partial charge in [0.15, 0.2) is 0 Å². The van der Waals surface area contributed by atoms with Crippen LogP contribution >= 0.6 is 0 Å². The molecule has 0 saturated heterocycles. The van der Waals surface area contributed by atoms with Gasteiger partial charge in [0.05, 0.1) is 26.8 Å². The molecular formula is C15H23N3O2+2. The molecule has 2 rings (SSSR count). The second kappa shape index (κ2) is 6.54. The molecular weight excluding hydrogens is 254 g/mol. The molecule has 0 radical (unpaired) electrons. The predicted octanol–water partition coefficient (Wildman–Crippen LogP) is -1.26. The molecule has 1 aromatic heterocycles. The summed E-state index contributed by atoms with van der Waals surface area (Å²) in [6.07, 6.45) is 0. The minimum atomic E-state index is -0.00360. The summed E-state index contributed by atoms with van der Waals surface area (Å²) in [6, 6.07) is 7.62. The summed E-state index contributed by atoms with van der Waals surface area (Å²) in [5.41, 5.74) is 1.65. The molecule has 20 heavy (non-hydrogen) atoms. The summed E-state index contributed by atoms with van der Waals surface area (Å²) < 4.78 is 5.21. The molecule has 0 unspecified atom stereocenters. The number of ether oxygens (including phenoxy) is 1. The van der Waals surface area contributed by atoms with Gasteiger partial charge in [-0.2, -0.15) is 0 Å². The van der Waals surface area contributed by atoms with Crippen LogP contribution in [-0.2, 0) is 6.54 Å². The van der Waals surface area contributed by atoms with E-state index in [2.05, 4.69) is 24.4 Å². The minimum Gasteiger partial charge on any atom is -0.497 e. The van der Waals surface area contributed by atoms with Gasteiger partial charge >= 0.3 is 0 Å². The molecule has 0 amide bonds. The number of fused-ring (bicyclic) bond motifs is 1. The van der Waals surface area contributed by atoms with Gasteiger partial charge in [0.25, 0.3) is 5.56 Å². The van der Waals surface area contributed by atoms with E-state index in [-0.39, 0.29) is 5.56 Å². The van der Waals surface area contributed by atoms with Gasteiger partial charge < -0.3 is 19.9 Å². The van der Waals surface area contributed by atoms with Crippen LogP contribution in [0.15, 0.2) is 29.1 Å². The van der Waals surface area contributed by atoms with Crippen LogP contribution in [0.1, 0.15) is 5.56 Å². The van der Waals surface area contributed by atoms with Gasteiger partial charge in [0.1, 0.15) is 25.4 Å². The van der Waals surface area contributed by atoms with E-state index in [9.17, 15) is 4.79 Å². The highest BCUT2D eigenvalue weighted by atomic mass is 16.5. The number of quaternary nitrogens is 2. The maximum Gasteiger partial charge on any atom is 0.257 e. The highest BCUT2D eigenvalue weighted by Gasteiger charge is 2.06. The molecule has 108 valence electrons. The van der Waals surface area contributed by atoms with E-state index < -0.39 is 0 Å². The van der Waals surface area contributed by atoms with Crippen LogP contribution in [0, 0.1) is 0 Å². The summed E-state index contributed by atoms with van der Waals surface area (Å²) >= 11 is 0. The first kappa shape index (κ1) is 14.6. The Bertz CT molecular complexity index is 635. The van der Waals surface area contributed by atoms with Crippen molar-refractivity contribution in [3.8, 4) is 5.75 Å². The van der Waals surface area contributed by atoms with Gasteiger partial charge in [0, 0.05) is 10.9 Å². The zero-order valence-electron chi connectivity index (χ0n) is 12.3. The number of rotatable bonds is 6. The summed E-state index contributed by atoms with van der Waals surface area (Å²) in [4.78, 5) is 16.3. The number of H-pyrrole nitrogens is 1. The van der Waals surface area contributed by atoms with Gasteiger partial charge in [-0.1, -0.05) is 0 Å². The molecule has 1 heterocycles. The van der Waals surface area contributed by atoms with Crippen molar-refractivity contribution in [1.29, 1.82) is 0 Å². The zero-order chi connectivity index (χ0) is 14.5. The van der Waals surface area contributed by atoms with Crippen molar-refractivity contribution in [2.24, 2.45) is 0 Å². The second-order valence-electron chi connectivity index (χ2n) is 5.32. The lowest BCUT2D eigenvalue weighted by molar-refractivity contribution is -0.875. The van der Waals surface area contributed by atoms with Crippen LogP contribution in [0.5, 0.6) is 5.75 Å². The number of benzene rings is 1. The Balaban J connectivity index is 2.16. The maximum absolute atomic E-state index is 12.0. The number of pyridine rings is 1. The van der Waals surface area contributed by atoms with Crippen molar-refractivity contribution >= 4 is 10.9 Å². The molecule has 5 heteroatoms. The van der Waals surface area contributed by atoms with Crippen molar-refractivity contribution in [3.63, 3.8) is 0 Å². The van der Waals surface area contributed by atoms with Crippen LogP contribution in [0.4, 0.5) is 0 Å².